The molecule has 1 fully saturated rings. The first-order valence-corrected chi connectivity index (χ1v) is 16.0. The van der Waals surface area contributed by atoms with Gasteiger partial charge >= 0.3 is 11.4 Å². The Labute approximate surface area is 295 Å². The minimum atomic E-state index is -2.39. The Hall–Kier alpha value is -5.20. The lowest BCUT2D eigenvalue weighted by Gasteiger charge is -2.43. The number of hydrogen-bond acceptors (Lipinski definition) is 17. The molecule has 2 aliphatic rings. The van der Waals surface area contributed by atoms with E-state index >= 15 is 0 Å². The molecule has 0 radical (unpaired) electrons. The molecule has 0 aliphatic carbocycles. The zero-order chi connectivity index (χ0) is 38.3. The van der Waals surface area contributed by atoms with Gasteiger partial charge in [0.2, 0.25) is 0 Å². The minimum absolute atomic E-state index is 0.160. The molecule has 0 saturated carbocycles. The number of benzene rings is 2. The Morgan fingerprint density at radius 2 is 1.28 bits per heavy atom. The van der Waals surface area contributed by atoms with Crippen LogP contribution in [0.25, 0.3) is 0 Å². The van der Waals surface area contributed by atoms with Gasteiger partial charge in [-0.2, -0.15) is 0 Å². The average Bonchev–Trinajstić information content (AvgIpc) is 3.13. The van der Waals surface area contributed by atoms with Gasteiger partial charge < -0.3 is 60.8 Å². The number of nitrogen functional groups attached to an aromatic ring is 1. The number of aromatic amines is 4. The van der Waals surface area contributed by atoms with E-state index in [1.54, 1.807) is 24.3 Å². The van der Waals surface area contributed by atoms with E-state index < -0.39 is 108 Å². The van der Waals surface area contributed by atoms with Gasteiger partial charge in [-0.3, -0.25) is 34.4 Å². The summed E-state index contributed by atoms with van der Waals surface area (Å²) in [5, 5.41) is 84.2. The molecule has 9 atom stereocenters. The number of fused-ring (bicyclic) bond motifs is 2. The zero-order valence-corrected chi connectivity index (χ0v) is 27.3. The Morgan fingerprint density at radius 1 is 0.755 bits per heavy atom. The molecule has 4 aromatic rings. The predicted molar refractivity (Wildman–Crippen MR) is 180 cm³/mol. The summed E-state index contributed by atoms with van der Waals surface area (Å²) in [6.45, 7) is -1.99. The van der Waals surface area contributed by atoms with E-state index in [-0.39, 0.29) is 17.3 Å². The number of aliphatic hydroxyl groups excluding tert-OH is 8. The average molecular weight is 745 g/mol. The smallest absolute Gasteiger partial charge is 0.327 e. The number of anilines is 4. The van der Waals surface area contributed by atoms with Crippen molar-refractivity contribution in [3.05, 3.63) is 101 Å². The van der Waals surface area contributed by atoms with Crippen molar-refractivity contribution in [3.63, 3.8) is 0 Å². The Kier molecular flexibility index (Phi) is 10.7. The molecule has 2 aliphatic heterocycles. The molecule has 53 heavy (non-hydrogen) atoms. The van der Waals surface area contributed by atoms with Crippen molar-refractivity contribution in [3.8, 4) is 11.5 Å². The minimum Gasteiger partial charge on any atom is -0.457 e. The second kappa shape index (κ2) is 15.0. The molecule has 284 valence electrons. The Bertz CT molecular complexity index is 2080. The highest BCUT2D eigenvalue weighted by Gasteiger charge is 2.50. The molecule has 21 nitrogen and oxygen atoms in total. The largest absolute Gasteiger partial charge is 0.457 e. The number of aromatic nitrogens is 4. The summed E-state index contributed by atoms with van der Waals surface area (Å²) in [6, 6.07) is 12.5. The van der Waals surface area contributed by atoms with Crippen LogP contribution >= 0.6 is 0 Å². The van der Waals surface area contributed by atoms with Crippen LogP contribution in [0, 0.1) is 0 Å². The third-order valence-corrected chi connectivity index (χ3v) is 8.93. The van der Waals surface area contributed by atoms with Crippen LogP contribution in [0.1, 0.15) is 17.0 Å². The number of ether oxygens (including phenoxy) is 3. The van der Waals surface area contributed by atoms with Crippen LogP contribution in [0.5, 0.6) is 11.5 Å². The maximum atomic E-state index is 13.6. The van der Waals surface area contributed by atoms with E-state index in [1.165, 1.54) is 24.3 Å². The molecule has 0 spiro atoms. The van der Waals surface area contributed by atoms with Crippen molar-refractivity contribution < 1.29 is 55.1 Å². The van der Waals surface area contributed by atoms with Gasteiger partial charge in [0, 0.05) is 11.4 Å². The van der Waals surface area contributed by atoms with Crippen molar-refractivity contribution in [1.29, 1.82) is 0 Å². The first-order valence-electron chi connectivity index (χ1n) is 16.0. The fourth-order valence-electron chi connectivity index (χ4n) is 6.32. The topological polar surface area (TPSA) is 350 Å². The number of nitrogens with zero attached hydrogens (tertiary/aromatic N) is 1. The molecular formula is C32H36N6O15. The Morgan fingerprint density at radius 3 is 1.79 bits per heavy atom. The highest BCUT2D eigenvalue weighted by molar-refractivity contribution is 5.80. The number of H-pyrrole nitrogens is 4. The van der Waals surface area contributed by atoms with E-state index in [1.807, 2.05) is 9.97 Å². The van der Waals surface area contributed by atoms with Gasteiger partial charge in [0.15, 0.2) is 6.29 Å². The van der Waals surface area contributed by atoms with Crippen molar-refractivity contribution >= 4 is 23.0 Å². The molecule has 2 aromatic carbocycles. The van der Waals surface area contributed by atoms with E-state index in [0.717, 1.165) is 4.90 Å². The SMILES string of the molecule is Nc1ccc(Oc2ccc(N3c4[nH]c(=O)[nH]c(=O)c4C([C@@H](O)[C@H](O)[C@H](O[C@@H]4O[C@H](CO)[C@H](O)[C@H](O)[C@H]4O)[C@H](O)CO)c4c3[nH]c(=O)[nH]c4=O)cc2)cc1. The molecule has 0 unspecified atom stereocenters. The maximum Gasteiger partial charge on any atom is 0.327 e. The molecule has 6 rings (SSSR count). The first-order chi connectivity index (χ1) is 25.2. The lowest BCUT2D eigenvalue weighted by Crippen LogP contribution is -2.61. The van der Waals surface area contributed by atoms with Gasteiger partial charge in [0.1, 0.15) is 65.9 Å². The van der Waals surface area contributed by atoms with Gasteiger partial charge in [-0.15, -0.1) is 0 Å². The lowest BCUT2D eigenvalue weighted by atomic mass is 9.81. The van der Waals surface area contributed by atoms with Gasteiger partial charge in [-0.1, -0.05) is 0 Å². The molecule has 0 amide bonds. The maximum absolute atomic E-state index is 13.6. The number of nitrogens with one attached hydrogen (secondary N) is 4. The normalized spacial score (nSPS) is 23.8. The Balaban J connectivity index is 1.42. The summed E-state index contributed by atoms with van der Waals surface area (Å²) < 4.78 is 16.6. The van der Waals surface area contributed by atoms with Crippen LogP contribution in [-0.2, 0) is 9.47 Å². The second-order valence-electron chi connectivity index (χ2n) is 12.3. The monoisotopic (exact) mass is 744 g/mol. The molecular weight excluding hydrogens is 708 g/mol. The lowest BCUT2D eigenvalue weighted by molar-refractivity contribution is -0.327. The van der Waals surface area contributed by atoms with Crippen LogP contribution in [-0.4, -0.2) is 129 Å². The number of rotatable bonds is 11. The molecule has 14 N–H and O–H groups in total. The second-order valence-corrected chi connectivity index (χ2v) is 12.3. The van der Waals surface area contributed by atoms with E-state index in [9.17, 15) is 60.0 Å². The van der Waals surface area contributed by atoms with Gasteiger partial charge in [0.25, 0.3) is 11.1 Å². The fourth-order valence-corrected chi connectivity index (χ4v) is 6.32. The highest BCUT2D eigenvalue weighted by atomic mass is 16.7. The number of nitrogens with two attached hydrogens (primary N) is 1. The van der Waals surface area contributed by atoms with Crippen molar-refractivity contribution in [1.82, 2.24) is 19.9 Å². The van der Waals surface area contributed by atoms with Crippen molar-refractivity contribution in [2.45, 2.75) is 61.0 Å². The molecule has 1 saturated heterocycles. The summed E-state index contributed by atoms with van der Waals surface area (Å²) in [5.41, 5.74) is 1.04. The molecule has 0 bridgehead atoms. The zero-order valence-electron chi connectivity index (χ0n) is 27.3. The van der Waals surface area contributed by atoms with E-state index in [4.69, 9.17) is 19.9 Å². The summed E-state index contributed by atoms with van der Waals surface area (Å²) in [4.78, 5) is 62.5. The first kappa shape index (κ1) is 37.6. The quantitative estimate of drug-likeness (QED) is 0.0651. The van der Waals surface area contributed by atoms with Gasteiger partial charge in [-0.05, 0) is 48.5 Å². The van der Waals surface area contributed by atoms with Crippen LogP contribution in [0.3, 0.4) is 0 Å². The van der Waals surface area contributed by atoms with Crippen LogP contribution < -0.4 is 37.9 Å². The number of hydrogen-bond donors (Lipinski definition) is 13. The van der Waals surface area contributed by atoms with Gasteiger partial charge in [-0.25, -0.2) is 9.59 Å². The van der Waals surface area contributed by atoms with Crippen molar-refractivity contribution in [2.24, 2.45) is 0 Å². The standard InChI is InChI=1S/C32H36N6O15/c33-11-1-5-13(6-2-11)51-14-7-3-12(4-8-14)38-26-18(28(47)36-31(49)34-26)17(19-27(38)35-32(50)37-29(19)48)21(43)23(45)25(15(41)9-39)53-30-24(46)22(44)20(42)16(10-40)52-30/h1-8,15-17,20-25,30,39-46H,9-10,33H2,(H2,34,36,47,49)(H2,35,37,48,50)/t15-,16-,20+,21-,22+,23+,24-,25-,30+/m1/s1. The summed E-state index contributed by atoms with van der Waals surface area (Å²) >= 11 is 0. The predicted octanol–water partition coefficient (Wildman–Crippen LogP) is -4.01. The number of aliphatic hydroxyl groups is 8. The van der Waals surface area contributed by atoms with Crippen LogP contribution in [0.15, 0.2) is 67.7 Å². The third kappa shape index (κ3) is 7.13. The van der Waals surface area contributed by atoms with E-state index in [0.29, 0.717) is 17.2 Å². The van der Waals surface area contributed by atoms with Gasteiger partial charge in [0.05, 0.1) is 36.4 Å². The fraction of sp³-hybridized carbons (Fsp3) is 0.375. The van der Waals surface area contributed by atoms with Crippen LogP contribution in [0.2, 0.25) is 0 Å². The van der Waals surface area contributed by atoms with Crippen LogP contribution in [0.4, 0.5) is 23.0 Å². The van der Waals surface area contributed by atoms with Crippen molar-refractivity contribution in [2.75, 3.05) is 23.8 Å². The summed E-state index contributed by atoms with van der Waals surface area (Å²) in [5.74, 6) is -1.84. The molecule has 2 aromatic heterocycles. The molecule has 4 heterocycles. The summed E-state index contributed by atoms with van der Waals surface area (Å²) in [6.07, 6.45) is -18.2. The highest BCUT2D eigenvalue weighted by Crippen LogP contribution is 2.46. The molecule has 21 heteroatoms. The van der Waals surface area contributed by atoms with E-state index in [2.05, 4.69) is 9.97 Å². The summed E-state index contributed by atoms with van der Waals surface area (Å²) in [7, 11) is 0. The third-order valence-electron chi connectivity index (χ3n) is 8.93.